The minimum absolute atomic E-state index is 0.00801. The van der Waals surface area contributed by atoms with Crippen LogP contribution in [0.3, 0.4) is 0 Å². The molecule has 0 aromatic heterocycles. The Morgan fingerprint density at radius 1 is 1.14 bits per heavy atom. The molecule has 0 radical (unpaired) electrons. The zero-order valence-electron chi connectivity index (χ0n) is 16.3. The second-order valence-corrected chi connectivity index (χ2v) is 7.87. The smallest absolute Gasteiger partial charge is 0.416 e. The minimum Gasteiger partial charge on any atom is -0.498 e. The Kier molecular flexibility index (Phi) is 6.36. The zero-order valence-corrected chi connectivity index (χ0v) is 16.3. The van der Waals surface area contributed by atoms with Crippen molar-refractivity contribution in [2.75, 3.05) is 19.7 Å². The van der Waals surface area contributed by atoms with Crippen molar-refractivity contribution in [3.63, 3.8) is 0 Å². The summed E-state index contributed by atoms with van der Waals surface area (Å²) >= 11 is 0. The summed E-state index contributed by atoms with van der Waals surface area (Å²) in [7, 11) is 0. The van der Waals surface area contributed by atoms with Crippen LogP contribution < -0.4 is 0 Å². The van der Waals surface area contributed by atoms with Crippen LogP contribution in [0.15, 0.2) is 36.6 Å². The predicted octanol–water partition coefficient (Wildman–Crippen LogP) is 5.38. The number of halogens is 3. The number of amides is 1. The van der Waals surface area contributed by atoms with E-state index in [0.717, 1.165) is 49.8 Å². The monoisotopic (exact) mass is 395 g/mol. The van der Waals surface area contributed by atoms with Crippen molar-refractivity contribution in [2.24, 2.45) is 11.8 Å². The number of carbonyl (C=O) groups is 1. The van der Waals surface area contributed by atoms with Gasteiger partial charge >= 0.3 is 6.18 Å². The van der Waals surface area contributed by atoms with Crippen molar-refractivity contribution >= 4 is 5.91 Å². The molecular formula is C22H28F3NO2. The lowest BCUT2D eigenvalue weighted by atomic mass is 9.83. The van der Waals surface area contributed by atoms with Crippen molar-refractivity contribution in [1.29, 1.82) is 0 Å². The molecule has 0 bridgehead atoms. The molecule has 1 aliphatic carbocycles. The molecule has 0 spiro atoms. The Balaban J connectivity index is 1.80. The maximum atomic E-state index is 13.0. The van der Waals surface area contributed by atoms with Crippen molar-refractivity contribution in [3.8, 4) is 0 Å². The van der Waals surface area contributed by atoms with Gasteiger partial charge in [-0.3, -0.25) is 4.79 Å². The van der Waals surface area contributed by atoms with Crippen LogP contribution in [0.25, 0.3) is 0 Å². The van der Waals surface area contributed by atoms with E-state index < -0.39 is 11.7 Å². The van der Waals surface area contributed by atoms with Crippen molar-refractivity contribution in [2.45, 2.75) is 51.1 Å². The third kappa shape index (κ3) is 4.70. The van der Waals surface area contributed by atoms with E-state index in [1.165, 1.54) is 12.1 Å². The molecule has 1 saturated carbocycles. The molecule has 2 atom stereocenters. The lowest BCUT2D eigenvalue weighted by Crippen LogP contribution is -2.46. The number of likely N-dealkylation sites (tertiary alicyclic amines) is 1. The molecule has 1 aliphatic heterocycles. The maximum absolute atomic E-state index is 13.0. The third-order valence-electron chi connectivity index (χ3n) is 5.96. The van der Waals surface area contributed by atoms with E-state index in [-0.39, 0.29) is 23.7 Å². The van der Waals surface area contributed by atoms with Crippen LogP contribution in [0.1, 0.15) is 56.1 Å². The maximum Gasteiger partial charge on any atom is 0.416 e. The van der Waals surface area contributed by atoms with Gasteiger partial charge in [0.15, 0.2) is 0 Å². The summed E-state index contributed by atoms with van der Waals surface area (Å²) in [5.74, 6) is 0.869. The summed E-state index contributed by atoms with van der Waals surface area (Å²) in [4.78, 5) is 14.9. The Morgan fingerprint density at radius 3 is 2.36 bits per heavy atom. The number of hydrogen-bond donors (Lipinski definition) is 0. The molecule has 1 amide bonds. The number of hydrogen-bond acceptors (Lipinski definition) is 2. The first kappa shape index (κ1) is 20.7. The van der Waals surface area contributed by atoms with E-state index in [2.05, 4.69) is 6.58 Å². The van der Waals surface area contributed by atoms with E-state index in [1.54, 1.807) is 0 Å². The molecule has 3 rings (SSSR count). The average Bonchev–Trinajstić information content (AvgIpc) is 3.21. The van der Waals surface area contributed by atoms with Gasteiger partial charge in [-0.1, -0.05) is 31.6 Å². The second-order valence-electron chi connectivity index (χ2n) is 7.87. The summed E-state index contributed by atoms with van der Waals surface area (Å²) in [6.07, 6.45) is 0.401. The van der Waals surface area contributed by atoms with Crippen LogP contribution in [-0.4, -0.2) is 30.5 Å². The Hall–Kier alpha value is -1.98. The van der Waals surface area contributed by atoms with Crippen LogP contribution in [0.2, 0.25) is 0 Å². The van der Waals surface area contributed by atoms with Gasteiger partial charge in [0.1, 0.15) is 0 Å². The number of alkyl halides is 3. The van der Waals surface area contributed by atoms with Gasteiger partial charge in [-0.05, 0) is 43.9 Å². The van der Waals surface area contributed by atoms with E-state index in [4.69, 9.17) is 4.74 Å². The molecule has 0 N–H and O–H groups in total. The van der Waals surface area contributed by atoms with E-state index >= 15 is 0 Å². The van der Waals surface area contributed by atoms with Gasteiger partial charge in [-0.15, -0.1) is 0 Å². The summed E-state index contributed by atoms with van der Waals surface area (Å²) in [5.41, 5.74) is 0.174. The Labute approximate surface area is 164 Å². The summed E-state index contributed by atoms with van der Waals surface area (Å²) in [6, 6.07) is 5.33. The van der Waals surface area contributed by atoms with Crippen LogP contribution in [0, 0.1) is 11.8 Å². The first-order valence-corrected chi connectivity index (χ1v) is 10.1. The predicted molar refractivity (Wildman–Crippen MR) is 102 cm³/mol. The van der Waals surface area contributed by atoms with E-state index in [9.17, 15) is 18.0 Å². The standard InChI is InChI=1S/C22H28F3NO2/c1-3-28-15(2)18-12-19(16-8-10-20(11-9-16)22(23,24)25)14-26(13-18)21(27)17-6-4-5-7-17/h8-11,17-19H,2-7,12-14H2,1H3. The van der Waals surface area contributed by atoms with Crippen molar-refractivity contribution in [1.82, 2.24) is 4.90 Å². The first-order valence-electron chi connectivity index (χ1n) is 10.1. The van der Waals surface area contributed by atoms with Gasteiger partial charge in [-0.25, -0.2) is 0 Å². The summed E-state index contributed by atoms with van der Waals surface area (Å²) < 4.78 is 44.2. The van der Waals surface area contributed by atoms with Crippen molar-refractivity contribution < 1.29 is 22.7 Å². The topological polar surface area (TPSA) is 29.5 Å². The minimum atomic E-state index is -4.35. The highest BCUT2D eigenvalue weighted by atomic mass is 19.4. The quantitative estimate of drug-likeness (QED) is 0.627. The van der Waals surface area contributed by atoms with E-state index in [0.29, 0.717) is 25.5 Å². The fraction of sp³-hybridized carbons (Fsp3) is 0.591. The molecule has 28 heavy (non-hydrogen) atoms. The SMILES string of the molecule is C=C(OCC)C1CC(c2ccc(C(F)(F)F)cc2)CN(C(=O)C2CCCC2)C1. The molecule has 2 fully saturated rings. The number of piperidine rings is 1. The van der Waals surface area contributed by atoms with Gasteiger partial charge in [0.25, 0.3) is 0 Å². The Bertz CT molecular complexity index is 693. The third-order valence-corrected chi connectivity index (χ3v) is 5.96. The normalized spacial score (nSPS) is 23.6. The number of carbonyl (C=O) groups excluding carboxylic acids is 1. The number of ether oxygens (including phenoxy) is 1. The van der Waals surface area contributed by atoms with Gasteiger partial charge in [-0.2, -0.15) is 13.2 Å². The molecule has 1 heterocycles. The highest BCUT2D eigenvalue weighted by Gasteiger charge is 2.36. The van der Waals surface area contributed by atoms with E-state index in [1.807, 2.05) is 11.8 Å². The first-order chi connectivity index (χ1) is 13.3. The molecule has 1 saturated heterocycles. The fourth-order valence-electron chi connectivity index (χ4n) is 4.43. The zero-order chi connectivity index (χ0) is 20.3. The lowest BCUT2D eigenvalue weighted by Gasteiger charge is -2.39. The van der Waals surface area contributed by atoms with Crippen LogP contribution in [-0.2, 0) is 15.7 Å². The van der Waals surface area contributed by atoms with Crippen LogP contribution in [0.4, 0.5) is 13.2 Å². The molecule has 1 aromatic rings. The molecule has 3 nitrogen and oxygen atoms in total. The van der Waals surface area contributed by atoms with Gasteiger partial charge in [0.05, 0.1) is 17.9 Å². The molecule has 6 heteroatoms. The fourth-order valence-corrected chi connectivity index (χ4v) is 4.43. The molecule has 154 valence electrons. The molecule has 1 aromatic carbocycles. The Morgan fingerprint density at radius 2 is 1.79 bits per heavy atom. The largest absolute Gasteiger partial charge is 0.498 e. The number of benzene rings is 1. The highest BCUT2D eigenvalue weighted by molar-refractivity contribution is 5.79. The average molecular weight is 395 g/mol. The highest BCUT2D eigenvalue weighted by Crippen LogP contribution is 2.37. The lowest BCUT2D eigenvalue weighted by molar-refractivity contribution is -0.138. The molecular weight excluding hydrogens is 367 g/mol. The molecule has 2 aliphatic rings. The van der Waals surface area contributed by atoms with Gasteiger partial charge in [0, 0.05) is 30.8 Å². The number of nitrogens with zero attached hydrogens (tertiary/aromatic N) is 1. The second kappa shape index (κ2) is 8.58. The van der Waals surface area contributed by atoms with Crippen molar-refractivity contribution in [3.05, 3.63) is 47.7 Å². The van der Waals surface area contributed by atoms with Crippen LogP contribution in [0.5, 0.6) is 0 Å². The number of rotatable bonds is 5. The van der Waals surface area contributed by atoms with Gasteiger partial charge in [0.2, 0.25) is 5.91 Å². The van der Waals surface area contributed by atoms with Crippen LogP contribution >= 0.6 is 0 Å². The van der Waals surface area contributed by atoms with Gasteiger partial charge < -0.3 is 9.64 Å². The summed E-state index contributed by atoms with van der Waals surface area (Å²) in [6.45, 7) is 7.54. The molecule has 2 unspecified atom stereocenters. The summed E-state index contributed by atoms with van der Waals surface area (Å²) in [5, 5.41) is 0.